The van der Waals surface area contributed by atoms with Gasteiger partial charge in [0.2, 0.25) is 0 Å². The molecule has 1 aliphatic rings. The highest BCUT2D eigenvalue weighted by Gasteiger charge is 2.40. The van der Waals surface area contributed by atoms with Gasteiger partial charge in [0.05, 0.1) is 29.4 Å². The number of carbonyl (C=O) groups excluding carboxylic acids is 2. The van der Waals surface area contributed by atoms with Crippen molar-refractivity contribution in [3.05, 3.63) is 64.1 Å². The van der Waals surface area contributed by atoms with Crippen molar-refractivity contribution < 1.29 is 19.4 Å². The van der Waals surface area contributed by atoms with E-state index in [9.17, 15) is 14.7 Å². The Balaban J connectivity index is 2.04. The summed E-state index contributed by atoms with van der Waals surface area (Å²) in [5.74, 6) is 0.353. The minimum Gasteiger partial charge on any atom is -0.494 e. The maximum atomic E-state index is 13.3. The van der Waals surface area contributed by atoms with Crippen LogP contribution in [0.5, 0.6) is 5.75 Å². The molecule has 2 amide bonds. The van der Waals surface area contributed by atoms with E-state index in [0.29, 0.717) is 39.8 Å². The molecule has 146 valence electrons. The summed E-state index contributed by atoms with van der Waals surface area (Å²) in [5, 5.41) is 9.22. The first-order valence-corrected chi connectivity index (χ1v) is 10.1. The molecular formula is C22H23NO4S. The van der Waals surface area contributed by atoms with Crippen LogP contribution >= 0.6 is 11.8 Å². The number of anilines is 1. The van der Waals surface area contributed by atoms with Gasteiger partial charge < -0.3 is 9.84 Å². The summed E-state index contributed by atoms with van der Waals surface area (Å²) in [6, 6.07) is 12.8. The van der Waals surface area contributed by atoms with Crippen molar-refractivity contribution in [1.82, 2.24) is 0 Å². The zero-order chi connectivity index (χ0) is 20.3. The van der Waals surface area contributed by atoms with Crippen LogP contribution < -0.4 is 9.64 Å². The van der Waals surface area contributed by atoms with Gasteiger partial charge in [-0.3, -0.25) is 9.59 Å². The Kier molecular flexibility index (Phi) is 6.21. The predicted molar refractivity (Wildman–Crippen MR) is 112 cm³/mol. The molecule has 5 nitrogen and oxygen atoms in total. The molecule has 0 atom stereocenters. The molecule has 0 spiro atoms. The molecule has 1 aliphatic heterocycles. The number of aliphatic hydroxyl groups excluding tert-OH is 1. The highest BCUT2D eigenvalue weighted by atomic mass is 32.2. The number of ether oxygens (including phenoxy) is 1. The van der Waals surface area contributed by atoms with Crippen LogP contribution in [0.15, 0.2) is 47.4 Å². The lowest BCUT2D eigenvalue weighted by Crippen LogP contribution is -2.31. The van der Waals surface area contributed by atoms with Crippen LogP contribution in [0.25, 0.3) is 5.57 Å². The zero-order valence-corrected chi connectivity index (χ0v) is 17.0. The molecule has 0 aliphatic carbocycles. The average Bonchev–Trinajstić information content (AvgIpc) is 2.90. The molecule has 0 bridgehead atoms. The zero-order valence-electron chi connectivity index (χ0n) is 16.2. The summed E-state index contributed by atoms with van der Waals surface area (Å²) < 4.78 is 5.46. The number of aryl methyl sites for hydroxylation is 2. The SMILES string of the molecule is CCOc1ccc(C2=C(SCCO)C(=O)N(c3cc(C)cc(C)c3)C2=O)cc1. The van der Waals surface area contributed by atoms with Crippen molar-refractivity contribution in [2.75, 3.05) is 23.9 Å². The Morgan fingerprint density at radius 1 is 1.00 bits per heavy atom. The van der Waals surface area contributed by atoms with Gasteiger partial charge in [-0.05, 0) is 61.7 Å². The molecule has 0 aromatic heterocycles. The molecule has 2 aromatic rings. The molecule has 0 saturated carbocycles. The van der Waals surface area contributed by atoms with E-state index in [1.165, 1.54) is 16.7 Å². The molecule has 28 heavy (non-hydrogen) atoms. The maximum Gasteiger partial charge on any atom is 0.272 e. The van der Waals surface area contributed by atoms with Crippen LogP contribution in [0.1, 0.15) is 23.6 Å². The van der Waals surface area contributed by atoms with Crippen molar-refractivity contribution >= 4 is 34.8 Å². The lowest BCUT2D eigenvalue weighted by molar-refractivity contribution is -0.119. The number of carbonyl (C=O) groups is 2. The molecule has 0 radical (unpaired) electrons. The van der Waals surface area contributed by atoms with Crippen molar-refractivity contribution in [2.45, 2.75) is 20.8 Å². The van der Waals surface area contributed by atoms with Crippen molar-refractivity contribution in [2.24, 2.45) is 0 Å². The number of thioether (sulfide) groups is 1. The van der Waals surface area contributed by atoms with Crippen molar-refractivity contribution in [3.8, 4) is 5.75 Å². The Bertz CT molecular complexity index is 914. The summed E-state index contributed by atoms with van der Waals surface area (Å²) >= 11 is 1.21. The standard InChI is InChI=1S/C22H23NO4S/c1-4-27-18-7-5-16(6-8-18)19-20(28-10-9-24)22(26)23(21(19)25)17-12-14(2)11-15(3)13-17/h5-8,11-13,24H,4,9-10H2,1-3H3. The quantitative estimate of drug-likeness (QED) is 0.722. The van der Waals surface area contributed by atoms with Gasteiger partial charge in [0.25, 0.3) is 11.8 Å². The lowest BCUT2D eigenvalue weighted by atomic mass is 10.1. The third-order valence-corrected chi connectivity index (χ3v) is 5.35. The lowest BCUT2D eigenvalue weighted by Gasteiger charge is -2.16. The first kappa shape index (κ1) is 20.2. The first-order chi connectivity index (χ1) is 13.5. The number of hydrogen-bond donors (Lipinski definition) is 1. The first-order valence-electron chi connectivity index (χ1n) is 9.14. The Morgan fingerprint density at radius 2 is 1.64 bits per heavy atom. The van der Waals surface area contributed by atoms with Crippen LogP contribution in [-0.4, -0.2) is 35.9 Å². The fraction of sp³-hybridized carbons (Fsp3) is 0.273. The summed E-state index contributed by atoms with van der Waals surface area (Å²) in [6.07, 6.45) is 0. The maximum absolute atomic E-state index is 13.3. The fourth-order valence-electron chi connectivity index (χ4n) is 3.24. The number of hydrogen-bond acceptors (Lipinski definition) is 5. The number of aliphatic hydroxyl groups is 1. The second-order valence-corrected chi connectivity index (χ2v) is 7.63. The summed E-state index contributed by atoms with van der Waals surface area (Å²) in [4.78, 5) is 28.0. The summed E-state index contributed by atoms with van der Waals surface area (Å²) in [7, 11) is 0. The van der Waals surface area contributed by atoms with Crippen molar-refractivity contribution in [1.29, 1.82) is 0 Å². The molecule has 1 N–H and O–H groups in total. The van der Waals surface area contributed by atoms with Gasteiger partial charge in [0.15, 0.2) is 0 Å². The molecular weight excluding hydrogens is 374 g/mol. The van der Waals surface area contributed by atoms with Gasteiger partial charge in [-0.25, -0.2) is 4.90 Å². The summed E-state index contributed by atoms with van der Waals surface area (Å²) in [6.45, 7) is 6.25. The van der Waals surface area contributed by atoms with E-state index in [2.05, 4.69) is 0 Å². The van der Waals surface area contributed by atoms with Gasteiger partial charge in [-0.15, -0.1) is 11.8 Å². The van der Waals surface area contributed by atoms with Crippen LogP contribution in [0.4, 0.5) is 5.69 Å². The van der Waals surface area contributed by atoms with E-state index in [0.717, 1.165) is 11.1 Å². The normalized spacial score (nSPS) is 14.2. The predicted octanol–water partition coefficient (Wildman–Crippen LogP) is 3.71. The molecule has 1 heterocycles. The highest BCUT2D eigenvalue weighted by molar-refractivity contribution is 8.04. The number of nitrogens with zero attached hydrogens (tertiary/aromatic N) is 1. The molecule has 2 aromatic carbocycles. The monoisotopic (exact) mass is 397 g/mol. The van der Waals surface area contributed by atoms with Gasteiger partial charge in [-0.1, -0.05) is 18.2 Å². The van der Waals surface area contributed by atoms with Crippen LogP contribution in [-0.2, 0) is 9.59 Å². The second kappa shape index (κ2) is 8.63. The summed E-state index contributed by atoms with van der Waals surface area (Å²) in [5.41, 5.74) is 3.56. The van der Waals surface area contributed by atoms with E-state index < -0.39 is 0 Å². The smallest absolute Gasteiger partial charge is 0.272 e. The Labute approximate surface area is 169 Å². The third kappa shape index (κ3) is 3.98. The molecule has 0 fully saturated rings. The number of benzene rings is 2. The third-order valence-electron chi connectivity index (χ3n) is 4.30. The van der Waals surface area contributed by atoms with E-state index in [1.54, 1.807) is 24.3 Å². The largest absolute Gasteiger partial charge is 0.494 e. The van der Waals surface area contributed by atoms with Gasteiger partial charge >= 0.3 is 0 Å². The van der Waals surface area contributed by atoms with Crippen LogP contribution in [0.3, 0.4) is 0 Å². The average molecular weight is 397 g/mol. The fourth-order valence-corrected chi connectivity index (χ4v) is 4.10. The molecule has 6 heteroatoms. The van der Waals surface area contributed by atoms with Gasteiger partial charge in [0, 0.05) is 5.75 Å². The minimum atomic E-state index is -0.350. The Hall–Kier alpha value is -2.57. The number of amides is 2. The van der Waals surface area contributed by atoms with Crippen LogP contribution in [0.2, 0.25) is 0 Å². The van der Waals surface area contributed by atoms with E-state index in [1.807, 2.05) is 39.0 Å². The second-order valence-electron chi connectivity index (χ2n) is 6.53. The van der Waals surface area contributed by atoms with E-state index in [4.69, 9.17) is 4.74 Å². The number of imide groups is 1. The number of rotatable bonds is 7. The molecule has 0 unspecified atom stereocenters. The molecule has 3 rings (SSSR count). The topological polar surface area (TPSA) is 66.8 Å². The minimum absolute atomic E-state index is 0.0737. The molecule has 0 saturated heterocycles. The van der Waals surface area contributed by atoms with E-state index >= 15 is 0 Å². The van der Waals surface area contributed by atoms with Gasteiger partial charge in [-0.2, -0.15) is 0 Å². The highest BCUT2D eigenvalue weighted by Crippen LogP contribution is 2.39. The van der Waals surface area contributed by atoms with Crippen molar-refractivity contribution in [3.63, 3.8) is 0 Å². The van der Waals surface area contributed by atoms with Crippen LogP contribution in [0, 0.1) is 13.8 Å². The van der Waals surface area contributed by atoms with E-state index in [-0.39, 0.29) is 18.4 Å². The van der Waals surface area contributed by atoms with Gasteiger partial charge in [0.1, 0.15) is 5.75 Å². The Morgan fingerprint density at radius 3 is 2.21 bits per heavy atom.